The number of nitrogens with one attached hydrogen (secondary N) is 2. The van der Waals surface area contributed by atoms with Crippen LogP contribution >= 0.6 is 0 Å². The maximum Gasteiger partial charge on any atom is 0.255 e. The molecule has 0 saturated carbocycles. The van der Waals surface area contributed by atoms with Gasteiger partial charge in [-0.2, -0.15) is 0 Å². The van der Waals surface area contributed by atoms with Crippen LogP contribution in [0.5, 0.6) is 0 Å². The number of hydrogen-bond donors (Lipinski definition) is 3. The number of aliphatic hydroxyl groups is 1. The largest absolute Gasteiger partial charge is 0.466 e. The highest BCUT2D eigenvalue weighted by atomic mass is 16.3. The van der Waals surface area contributed by atoms with Gasteiger partial charge in [0.15, 0.2) is 0 Å². The van der Waals surface area contributed by atoms with Crippen LogP contribution in [0.4, 0.5) is 0 Å². The molecule has 2 heterocycles. The third-order valence-electron chi connectivity index (χ3n) is 3.05. The molecule has 1 saturated heterocycles. The standard InChI is InChI=1S/C12H18N2O3/c1-7-5-9(8(2)17-7)12(16)14-10-6-13-4-3-11(10)15/h5,10-11,13,15H,3-4,6H2,1-2H3,(H,14,16)/t10-,11+/m0/s1. The van der Waals surface area contributed by atoms with E-state index in [0.717, 1.165) is 12.3 Å². The molecule has 5 nitrogen and oxygen atoms in total. The minimum Gasteiger partial charge on any atom is -0.466 e. The van der Waals surface area contributed by atoms with Gasteiger partial charge in [0.2, 0.25) is 0 Å². The third-order valence-corrected chi connectivity index (χ3v) is 3.05. The first kappa shape index (κ1) is 12.1. The molecule has 1 amide bonds. The van der Waals surface area contributed by atoms with Gasteiger partial charge in [-0.15, -0.1) is 0 Å². The van der Waals surface area contributed by atoms with Gasteiger partial charge in [-0.3, -0.25) is 4.79 Å². The second-order valence-corrected chi connectivity index (χ2v) is 4.47. The Morgan fingerprint density at radius 2 is 2.35 bits per heavy atom. The van der Waals surface area contributed by atoms with E-state index in [4.69, 9.17) is 4.42 Å². The van der Waals surface area contributed by atoms with Crippen molar-refractivity contribution in [3.05, 3.63) is 23.2 Å². The molecule has 0 unspecified atom stereocenters. The first-order valence-electron chi connectivity index (χ1n) is 5.84. The van der Waals surface area contributed by atoms with Gasteiger partial charge in [0.05, 0.1) is 17.7 Å². The lowest BCUT2D eigenvalue weighted by Crippen LogP contribution is -2.53. The predicted molar refractivity (Wildman–Crippen MR) is 62.9 cm³/mol. The molecule has 2 rings (SSSR count). The van der Waals surface area contributed by atoms with Crippen molar-refractivity contribution >= 4 is 5.91 Å². The molecule has 0 radical (unpaired) electrons. The average Bonchev–Trinajstić information content (AvgIpc) is 2.61. The Morgan fingerprint density at radius 3 is 2.94 bits per heavy atom. The monoisotopic (exact) mass is 238 g/mol. The van der Waals surface area contributed by atoms with Gasteiger partial charge in [-0.05, 0) is 32.9 Å². The highest BCUT2D eigenvalue weighted by molar-refractivity contribution is 5.95. The molecule has 17 heavy (non-hydrogen) atoms. The van der Waals surface area contributed by atoms with Crippen LogP contribution in [0.3, 0.4) is 0 Å². The normalized spacial score (nSPS) is 24.6. The zero-order valence-electron chi connectivity index (χ0n) is 10.1. The Hall–Kier alpha value is -1.33. The van der Waals surface area contributed by atoms with E-state index < -0.39 is 6.10 Å². The summed E-state index contributed by atoms with van der Waals surface area (Å²) in [6.07, 6.45) is 0.183. The van der Waals surface area contributed by atoms with Crippen LogP contribution in [0.15, 0.2) is 10.5 Å². The van der Waals surface area contributed by atoms with Crippen molar-refractivity contribution < 1.29 is 14.3 Å². The van der Waals surface area contributed by atoms with Gasteiger partial charge in [0, 0.05) is 6.54 Å². The Morgan fingerprint density at radius 1 is 1.59 bits per heavy atom. The van der Waals surface area contributed by atoms with E-state index in [1.165, 1.54) is 0 Å². The van der Waals surface area contributed by atoms with Crippen molar-refractivity contribution in [2.24, 2.45) is 0 Å². The fourth-order valence-electron chi connectivity index (χ4n) is 2.09. The summed E-state index contributed by atoms with van der Waals surface area (Å²) in [5, 5.41) is 15.7. The summed E-state index contributed by atoms with van der Waals surface area (Å²) >= 11 is 0. The van der Waals surface area contributed by atoms with Crippen LogP contribution < -0.4 is 10.6 Å². The smallest absolute Gasteiger partial charge is 0.255 e. The summed E-state index contributed by atoms with van der Waals surface area (Å²) in [6.45, 7) is 4.96. The first-order chi connectivity index (χ1) is 8.08. The molecule has 1 aromatic rings. The van der Waals surface area contributed by atoms with Crippen molar-refractivity contribution in [3.63, 3.8) is 0 Å². The topological polar surface area (TPSA) is 74.5 Å². The summed E-state index contributed by atoms with van der Waals surface area (Å²) < 4.78 is 5.31. The van der Waals surface area contributed by atoms with Crippen molar-refractivity contribution in [1.82, 2.24) is 10.6 Å². The number of carbonyl (C=O) groups excluding carboxylic acids is 1. The van der Waals surface area contributed by atoms with E-state index in [9.17, 15) is 9.90 Å². The number of rotatable bonds is 2. The van der Waals surface area contributed by atoms with Gasteiger partial charge < -0.3 is 20.2 Å². The number of carbonyl (C=O) groups is 1. The van der Waals surface area contributed by atoms with Crippen molar-refractivity contribution in [3.8, 4) is 0 Å². The minimum absolute atomic E-state index is 0.188. The van der Waals surface area contributed by atoms with Gasteiger partial charge >= 0.3 is 0 Å². The van der Waals surface area contributed by atoms with E-state index in [2.05, 4.69) is 10.6 Å². The molecular weight excluding hydrogens is 220 g/mol. The van der Waals surface area contributed by atoms with Gasteiger partial charge in [0.25, 0.3) is 5.91 Å². The van der Waals surface area contributed by atoms with Crippen LogP contribution in [0.2, 0.25) is 0 Å². The minimum atomic E-state index is -0.478. The molecule has 2 atom stereocenters. The summed E-state index contributed by atoms with van der Waals surface area (Å²) in [7, 11) is 0. The predicted octanol–water partition coefficient (Wildman–Crippen LogP) is 0.349. The van der Waals surface area contributed by atoms with E-state index >= 15 is 0 Å². The molecule has 1 aliphatic rings. The molecule has 1 fully saturated rings. The Labute approximate surface area is 100 Å². The Bertz CT molecular complexity index is 414. The lowest BCUT2D eigenvalue weighted by Gasteiger charge is -2.28. The summed E-state index contributed by atoms with van der Waals surface area (Å²) in [4.78, 5) is 12.0. The number of aryl methyl sites for hydroxylation is 2. The fourth-order valence-corrected chi connectivity index (χ4v) is 2.09. The highest BCUT2D eigenvalue weighted by Gasteiger charge is 2.25. The van der Waals surface area contributed by atoms with Crippen LogP contribution in [-0.4, -0.2) is 36.2 Å². The number of hydrogen-bond acceptors (Lipinski definition) is 4. The molecule has 0 bridgehead atoms. The molecule has 0 aliphatic carbocycles. The van der Waals surface area contributed by atoms with Crippen LogP contribution in [0, 0.1) is 13.8 Å². The number of furan rings is 1. The lowest BCUT2D eigenvalue weighted by molar-refractivity contribution is 0.0753. The number of aliphatic hydroxyl groups excluding tert-OH is 1. The molecule has 94 valence electrons. The lowest BCUT2D eigenvalue weighted by atomic mass is 10.0. The number of amides is 1. The van der Waals surface area contributed by atoms with E-state index in [1.54, 1.807) is 19.9 Å². The van der Waals surface area contributed by atoms with Gasteiger partial charge in [-0.25, -0.2) is 0 Å². The van der Waals surface area contributed by atoms with Gasteiger partial charge in [0.1, 0.15) is 11.5 Å². The molecular formula is C12H18N2O3. The van der Waals surface area contributed by atoms with Crippen LogP contribution in [0.25, 0.3) is 0 Å². The quantitative estimate of drug-likeness (QED) is 0.695. The highest BCUT2D eigenvalue weighted by Crippen LogP contribution is 2.14. The van der Waals surface area contributed by atoms with Crippen LogP contribution in [-0.2, 0) is 0 Å². The Balaban J connectivity index is 2.03. The molecule has 3 N–H and O–H groups in total. The van der Waals surface area contributed by atoms with E-state index in [-0.39, 0.29) is 11.9 Å². The van der Waals surface area contributed by atoms with Crippen molar-refractivity contribution in [1.29, 1.82) is 0 Å². The first-order valence-corrected chi connectivity index (χ1v) is 5.84. The van der Waals surface area contributed by atoms with Gasteiger partial charge in [-0.1, -0.05) is 0 Å². The zero-order chi connectivity index (χ0) is 12.4. The average molecular weight is 238 g/mol. The van der Waals surface area contributed by atoms with E-state index in [1.807, 2.05) is 0 Å². The maximum absolute atomic E-state index is 12.0. The summed E-state index contributed by atoms with van der Waals surface area (Å²) in [5.74, 6) is 1.14. The summed E-state index contributed by atoms with van der Waals surface area (Å²) in [6, 6.07) is 1.48. The van der Waals surface area contributed by atoms with Crippen molar-refractivity contribution in [2.45, 2.75) is 32.4 Å². The van der Waals surface area contributed by atoms with E-state index in [0.29, 0.717) is 24.3 Å². The second kappa shape index (κ2) is 4.89. The maximum atomic E-state index is 12.0. The molecule has 0 spiro atoms. The van der Waals surface area contributed by atoms with Crippen LogP contribution in [0.1, 0.15) is 28.3 Å². The fraction of sp³-hybridized carbons (Fsp3) is 0.583. The summed E-state index contributed by atoms with van der Waals surface area (Å²) in [5.41, 5.74) is 0.542. The second-order valence-electron chi connectivity index (χ2n) is 4.47. The SMILES string of the molecule is Cc1cc(C(=O)N[C@H]2CNCC[C@H]2O)c(C)o1. The molecule has 1 aromatic heterocycles. The number of piperidine rings is 1. The molecule has 5 heteroatoms. The van der Waals surface area contributed by atoms with Crippen molar-refractivity contribution in [2.75, 3.05) is 13.1 Å². The zero-order valence-corrected chi connectivity index (χ0v) is 10.1. The third kappa shape index (κ3) is 2.68. The molecule has 0 aromatic carbocycles. The molecule has 1 aliphatic heterocycles. The Kier molecular flexibility index (Phi) is 3.49.